The van der Waals surface area contributed by atoms with E-state index >= 15 is 0 Å². The van der Waals surface area contributed by atoms with Crippen molar-refractivity contribution in [2.75, 3.05) is 6.61 Å². The van der Waals surface area contributed by atoms with Crippen molar-refractivity contribution < 1.29 is 14.3 Å². The summed E-state index contributed by atoms with van der Waals surface area (Å²) >= 11 is 6.42. The summed E-state index contributed by atoms with van der Waals surface area (Å²) < 4.78 is 5.78. The van der Waals surface area contributed by atoms with Crippen molar-refractivity contribution in [3.05, 3.63) is 101 Å². The van der Waals surface area contributed by atoms with E-state index in [-0.39, 0.29) is 31.0 Å². The van der Waals surface area contributed by atoms with Crippen molar-refractivity contribution >= 4 is 23.4 Å². The summed E-state index contributed by atoms with van der Waals surface area (Å²) in [6.45, 7) is 5.80. The van der Waals surface area contributed by atoms with Crippen molar-refractivity contribution in [1.82, 2.24) is 10.2 Å². The van der Waals surface area contributed by atoms with Gasteiger partial charge >= 0.3 is 0 Å². The molecule has 0 aliphatic carbocycles. The lowest BCUT2D eigenvalue weighted by Crippen LogP contribution is -2.52. The van der Waals surface area contributed by atoms with Crippen LogP contribution >= 0.6 is 11.6 Å². The zero-order chi connectivity index (χ0) is 24.5. The molecule has 0 fully saturated rings. The summed E-state index contributed by atoms with van der Waals surface area (Å²) in [6.07, 6.45) is 0.375. The lowest BCUT2D eigenvalue weighted by atomic mass is 10.0. The van der Waals surface area contributed by atoms with Crippen molar-refractivity contribution in [2.45, 2.75) is 45.8 Å². The first-order valence-electron chi connectivity index (χ1n) is 11.4. The zero-order valence-corrected chi connectivity index (χ0v) is 20.6. The van der Waals surface area contributed by atoms with Crippen LogP contribution in [0.1, 0.15) is 30.5 Å². The second-order valence-electron chi connectivity index (χ2n) is 8.58. The number of carbonyl (C=O) groups is 2. The maximum atomic E-state index is 13.5. The Labute approximate surface area is 206 Å². The molecule has 0 heterocycles. The highest BCUT2D eigenvalue weighted by Crippen LogP contribution is 2.21. The Balaban J connectivity index is 1.91. The highest BCUT2D eigenvalue weighted by Gasteiger charge is 2.31. The van der Waals surface area contributed by atoms with Crippen LogP contribution in [0.25, 0.3) is 0 Å². The number of rotatable bonds is 10. The summed E-state index contributed by atoms with van der Waals surface area (Å²) in [7, 11) is 0. The molecule has 5 nitrogen and oxygen atoms in total. The third-order valence-corrected chi connectivity index (χ3v) is 5.75. The van der Waals surface area contributed by atoms with E-state index in [0.717, 1.165) is 16.7 Å². The number of benzene rings is 3. The van der Waals surface area contributed by atoms with Gasteiger partial charge in [0.05, 0.1) is 0 Å². The van der Waals surface area contributed by atoms with Crippen molar-refractivity contribution in [3.8, 4) is 5.75 Å². The van der Waals surface area contributed by atoms with Crippen molar-refractivity contribution in [3.63, 3.8) is 0 Å². The third-order valence-electron chi connectivity index (χ3n) is 5.38. The lowest BCUT2D eigenvalue weighted by molar-refractivity contribution is -0.143. The predicted octanol–water partition coefficient (Wildman–Crippen LogP) is 5.19. The Hall–Kier alpha value is -3.31. The van der Waals surface area contributed by atoms with E-state index in [1.807, 2.05) is 93.6 Å². The van der Waals surface area contributed by atoms with E-state index in [1.54, 1.807) is 11.0 Å². The fraction of sp³-hybridized carbons (Fsp3) is 0.286. The highest BCUT2D eigenvalue weighted by atomic mass is 35.5. The molecule has 0 aromatic heterocycles. The van der Waals surface area contributed by atoms with Crippen molar-refractivity contribution in [1.29, 1.82) is 0 Å². The molecule has 178 valence electrons. The van der Waals surface area contributed by atoms with Gasteiger partial charge in [-0.3, -0.25) is 9.59 Å². The third kappa shape index (κ3) is 7.35. The van der Waals surface area contributed by atoms with E-state index in [9.17, 15) is 9.59 Å². The Bertz CT molecular complexity index is 1080. The fourth-order valence-electron chi connectivity index (χ4n) is 3.61. The molecule has 1 N–H and O–H groups in total. The zero-order valence-electron chi connectivity index (χ0n) is 19.8. The average molecular weight is 479 g/mol. The molecular weight excluding hydrogens is 448 g/mol. The van der Waals surface area contributed by atoms with Crippen LogP contribution in [0.2, 0.25) is 5.02 Å². The van der Waals surface area contributed by atoms with Gasteiger partial charge in [-0.1, -0.05) is 77.8 Å². The molecule has 3 rings (SSSR count). The molecule has 6 heteroatoms. The number of ether oxygens (including phenoxy) is 1. The Kier molecular flexibility index (Phi) is 9.11. The summed E-state index contributed by atoms with van der Waals surface area (Å²) in [5.41, 5.74) is 2.83. The summed E-state index contributed by atoms with van der Waals surface area (Å²) in [5.74, 6) is 0.0952. The predicted molar refractivity (Wildman–Crippen MR) is 136 cm³/mol. The number of hydrogen-bond donors (Lipinski definition) is 1. The van der Waals surface area contributed by atoms with Crippen LogP contribution in [0.4, 0.5) is 0 Å². The van der Waals surface area contributed by atoms with E-state index < -0.39 is 6.04 Å². The van der Waals surface area contributed by atoms with E-state index in [0.29, 0.717) is 17.2 Å². The largest absolute Gasteiger partial charge is 0.484 e. The number of amides is 2. The molecule has 2 amide bonds. The minimum absolute atomic E-state index is 0.0631. The molecule has 0 spiro atoms. The first-order valence-corrected chi connectivity index (χ1v) is 11.8. The van der Waals surface area contributed by atoms with Gasteiger partial charge in [0, 0.05) is 24.0 Å². The van der Waals surface area contributed by atoms with Gasteiger partial charge < -0.3 is 15.0 Å². The minimum atomic E-state index is -0.727. The lowest BCUT2D eigenvalue weighted by Gasteiger charge is -2.32. The summed E-state index contributed by atoms with van der Waals surface area (Å²) in [6, 6.07) is 23.8. The molecular formula is C28H31ClN2O3. The molecule has 0 saturated carbocycles. The SMILES string of the molecule is Cc1ccc(OCC(=O)N(Cc2ccccc2Cl)[C@@H](Cc2ccccc2)C(=O)NC(C)C)cc1. The molecule has 34 heavy (non-hydrogen) atoms. The molecule has 1 atom stereocenters. The number of halogens is 1. The minimum Gasteiger partial charge on any atom is -0.484 e. The second kappa shape index (κ2) is 12.2. The Morgan fingerprint density at radius 1 is 0.941 bits per heavy atom. The van der Waals surface area contributed by atoms with E-state index in [1.165, 1.54) is 0 Å². The Morgan fingerprint density at radius 2 is 1.59 bits per heavy atom. The van der Waals surface area contributed by atoms with Crippen LogP contribution in [0.3, 0.4) is 0 Å². The number of nitrogens with one attached hydrogen (secondary N) is 1. The van der Waals surface area contributed by atoms with E-state index in [2.05, 4.69) is 5.32 Å². The van der Waals surface area contributed by atoms with Crippen LogP contribution in [0.15, 0.2) is 78.9 Å². The summed E-state index contributed by atoms with van der Waals surface area (Å²) in [5, 5.41) is 3.52. The summed E-state index contributed by atoms with van der Waals surface area (Å²) in [4.78, 5) is 28.4. The van der Waals surface area contributed by atoms with Crippen LogP contribution in [0.5, 0.6) is 5.75 Å². The highest BCUT2D eigenvalue weighted by molar-refractivity contribution is 6.31. The van der Waals surface area contributed by atoms with Gasteiger partial charge in [0.2, 0.25) is 5.91 Å². The maximum Gasteiger partial charge on any atom is 0.261 e. The molecule has 0 saturated heterocycles. The molecule has 0 unspecified atom stereocenters. The molecule has 0 aliphatic heterocycles. The smallest absolute Gasteiger partial charge is 0.261 e. The van der Waals surface area contributed by atoms with Gasteiger partial charge in [-0.15, -0.1) is 0 Å². The first-order chi connectivity index (χ1) is 16.3. The maximum absolute atomic E-state index is 13.5. The first kappa shape index (κ1) is 25.3. The van der Waals surface area contributed by atoms with Gasteiger partial charge in [-0.2, -0.15) is 0 Å². The quantitative estimate of drug-likeness (QED) is 0.436. The average Bonchev–Trinajstić information content (AvgIpc) is 2.82. The van der Waals surface area contributed by atoms with Gasteiger partial charge in [0.25, 0.3) is 5.91 Å². The van der Waals surface area contributed by atoms with Crippen LogP contribution < -0.4 is 10.1 Å². The molecule has 0 bridgehead atoms. The topological polar surface area (TPSA) is 58.6 Å². The van der Waals surface area contributed by atoms with Gasteiger partial charge in [0.15, 0.2) is 6.61 Å². The van der Waals surface area contributed by atoms with Gasteiger partial charge in [-0.05, 0) is 50.1 Å². The molecule has 3 aromatic rings. The second-order valence-corrected chi connectivity index (χ2v) is 8.99. The number of aryl methyl sites for hydroxylation is 1. The Morgan fingerprint density at radius 3 is 2.24 bits per heavy atom. The van der Waals surface area contributed by atoms with Crippen LogP contribution in [0, 0.1) is 6.92 Å². The number of carbonyl (C=O) groups excluding carboxylic acids is 2. The fourth-order valence-corrected chi connectivity index (χ4v) is 3.80. The normalized spacial score (nSPS) is 11.7. The van der Waals surface area contributed by atoms with Gasteiger partial charge in [0.1, 0.15) is 11.8 Å². The monoisotopic (exact) mass is 478 g/mol. The van der Waals surface area contributed by atoms with Gasteiger partial charge in [-0.25, -0.2) is 0 Å². The van der Waals surface area contributed by atoms with Crippen LogP contribution in [-0.4, -0.2) is 35.4 Å². The van der Waals surface area contributed by atoms with Crippen LogP contribution in [-0.2, 0) is 22.6 Å². The van der Waals surface area contributed by atoms with Crippen molar-refractivity contribution in [2.24, 2.45) is 0 Å². The molecule has 3 aromatic carbocycles. The number of nitrogens with zero attached hydrogens (tertiary/aromatic N) is 1. The van der Waals surface area contributed by atoms with E-state index in [4.69, 9.17) is 16.3 Å². The number of hydrogen-bond acceptors (Lipinski definition) is 3. The molecule has 0 radical (unpaired) electrons. The standard InChI is InChI=1S/C28H31ClN2O3/c1-20(2)30-28(33)26(17-22-9-5-4-6-10-22)31(18-23-11-7-8-12-25(23)29)27(32)19-34-24-15-13-21(3)14-16-24/h4-16,20,26H,17-19H2,1-3H3,(H,30,33)/t26-/m0/s1. The molecule has 0 aliphatic rings.